The Kier molecular flexibility index (Phi) is 5.03. The summed E-state index contributed by atoms with van der Waals surface area (Å²) in [7, 11) is 0. The summed E-state index contributed by atoms with van der Waals surface area (Å²) in [5, 5.41) is 3.31. The van der Waals surface area contributed by atoms with Gasteiger partial charge in [0.1, 0.15) is 5.82 Å². The number of rotatable bonds is 6. The van der Waals surface area contributed by atoms with E-state index in [0.717, 1.165) is 31.7 Å². The summed E-state index contributed by atoms with van der Waals surface area (Å²) in [6.45, 7) is 10.5. The van der Waals surface area contributed by atoms with Crippen molar-refractivity contribution in [1.29, 1.82) is 0 Å². The average molecular weight is 278 g/mol. The molecule has 1 aromatic rings. The predicted octanol–water partition coefficient (Wildman–Crippen LogP) is 3.95. The number of nitrogens with zero attached hydrogens (tertiary/aromatic N) is 1. The maximum Gasteiger partial charge on any atom is 0.123 e. The summed E-state index contributed by atoms with van der Waals surface area (Å²) in [6, 6.07) is 5.21. The fraction of sp³-hybridized carbons (Fsp3) is 0.647. The van der Waals surface area contributed by atoms with Crippen molar-refractivity contribution in [3.63, 3.8) is 0 Å². The summed E-state index contributed by atoms with van der Waals surface area (Å²) < 4.78 is 13.5. The topological polar surface area (TPSA) is 15.3 Å². The van der Waals surface area contributed by atoms with Gasteiger partial charge in [-0.3, -0.25) is 0 Å². The second kappa shape index (κ2) is 6.57. The summed E-state index contributed by atoms with van der Waals surface area (Å²) in [4.78, 5) is 2.44. The molecule has 0 unspecified atom stereocenters. The summed E-state index contributed by atoms with van der Waals surface area (Å²) in [5.41, 5.74) is 2.73. The summed E-state index contributed by atoms with van der Waals surface area (Å²) >= 11 is 0. The largest absolute Gasteiger partial charge is 0.371 e. The van der Waals surface area contributed by atoms with Crippen LogP contribution in [0, 0.1) is 11.2 Å². The van der Waals surface area contributed by atoms with Crippen LogP contribution in [-0.4, -0.2) is 19.6 Å². The van der Waals surface area contributed by atoms with E-state index < -0.39 is 0 Å². The van der Waals surface area contributed by atoms with Crippen molar-refractivity contribution in [1.82, 2.24) is 5.32 Å². The maximum absolute atomic E-state index is 13.5. The van der Waals surface area contributed by atoms with Gasteiger partial charge in [0.15, 0.2) is 0 Å². The van der Waals surface area contributed by atoms with Crippen LogP contribution in [0.15, 0.2) is 18.2 Å². The number of hydrogen-bond donors (Lipinski definition) is 1. The Morgan fingerprint density at radius 3 is 2.60 bits per heavy atom. The van der Waals surface area contributed by atoms with E-state index in [4.69, 9.17) is 0 Å². The number of hydrogen-bond acceptors (Lipinski definition) is 2. The SMILES string of the molecule is CCNCc1cc(F)ccc1N1CCC(CC)(CC)C1. The van der Waals surface area contributed by atoms with Crippen molar-refractivity contribution in [2.24, 2.45) is 5.41 Å². The minimum absolute atomic E-state index is 0.141. The Balaban J connectivity index is 2.20. The van der Waals surface area contributed by atoms with Crippen LogP contribution >= 0.6 is 0 Å². The lowest BCUT2D eigenvalue weighted by Crippen LogP contribution is -2.27. The molecule has 0 atom stereocenters. The first kappa shape index (κ1) is 15.3. The highest BCUT2D eigenvalue weighted by Gasteiger charge is 2.35. The number of halogens is 1. The Labute approximate surface area is 122 Å². The fourth-order valence-corrected chi connectivity index (χ4v) is 3.23. The average Bonchev–Trinajstić information content (AvgIpc) is 2.90. The third-order valence-corrected chi connectivity index (χ3v) is 4.89. The van der Waals surface area contributed by atoms with E-state index in [9.17, 15) is 4.39 Å². The molecular formula is C17H27FN2. The van der Waals surface area contributed by atoms with Crippen molar-refractivity contribution >= 4 is 5.69 Å². The van der Waals surface area contributed by atoms with Crippen LogP contribution in [-0.2, 0) is 6.54 Å². The fourth-order valence-electron chi connectivity index (χ4n) is 3.23. The van der Waals surface area contributed by atoms with E-state index in [0.29, 0.717) is 5.41 Å². The lowest BCUT2D eigenvalue weighted by Gasteiger charge is -2.28. The molecular weight excluding hydrogens is 251 g/mol. The van der Waals surface area contributed by atoms with Crippen LogP contribution in [0.1, 0.15) is 45.6 Å². The first-order chi connectivity index (χ1) is 9.64. The molecule has 1 fully saturated rings. The van der Waals surface area contributed by atoms with Crippen LogP contribution in [0.25, 0.3) is 0 Å². The molecule has 1 aliphatic heterocycles. The van der Waals surface area contributed by atoms with Crippen LogP contribution in [0.4, 0.5) is 10.1 Å². The third-order valence-electron chi connectivity index (χ3n) is 4.89. The first-order valence-corrected chi connectivity index (χ1v) is 7.88. The molecule has 2 rings (SSSR count). The second-order valence-corrected chi connectivity index (χ2v) is 5.93. The molecule has 0 spiro atoms. The van der Waals surface area contributed by atoms with E-state index in [1.165, 1.54) is 24.9 Å². The minimum atomic E-state index is -0.141. The molecule has 1 N–H and O–H groups in total. The van der Waals surface area contributed by atoms with Crippen LogP contribution in [0.2, 0.25) is 0 Å². The van der Waals surface area contributed by atoms with Gasteiger partial charge < -0.3 is 10.2 Å². The van der Waals surface area contributed by atoms with Crippen LogP contribution in [0.5, 0.6) is 0 Å². The standard InChI is InChI=1S/C17H27FN2/c1-4-17(5-2)9-10-20(13-17)16-8-7-15(18)11-14(16)12-19-6-3/h7-8,11,19H,4-6,9-10,12-13H2,1-3H3. The molecule has 1 heterocycles. The van der Waals surface area contributed by atoms with E-state index in [-0.39, 0.29) is 5.82 Å². The first-order valence-electron chi connectivity index (χ1n) is 7.88. The molecule has 0 saturated carbocycles. The van der Waals surface area contributed by atoms with Gasteiger partial charge in [-0.25, -0.2) is 4.39 Å². The van der Waals surface area contributed by atoms with Gasteiger partial charge in [-0.15, -0.1) is 0 Å². The number of anilines is 1. The number of benzene rings is 1. The van der Waals surface area contributed by atoms with Gasteiger partial charge in [0.2, 0.25) is 0 Å². The zero-order chi connectivity index (χ0) is 14.6. The van der Waals surface area contributed by atoms with E-state index >= 15 is 0 Å². The van der Waals surface area contributed by atoms with Crippen molar-refractivity contribution in [2.45, 2.75) is 46.6 Å². The highest BCUT2D eigenvalue weighted by Crippen LogP contribution is 2.39. The molecule has 2 nitrogen and oxygen atoms in total. The van der Waals surface area contributed by atoms with E-state index in [1.807, 2.05) is 6.07 Å². The van der Waals surface area contributed by atoms with Crippen molar-refractivity contribution in [3.8, 4) is 0 Å². The Morgan fingerprint density at radius 2 is 2.00 bits per heavy atom. The molecule has 1 saturated heterocycles. The molecule has 1 aromatic carbocycles. The van der Waals surface area contributed by atoms with Gasteiger partial charge in [-0.2, -0.15) is 0 Å². The van der Waals surface area contributed by atoms with Crippen molar-refractivity contribution in [2.75, 3.05) is 24.5 Å². The van der Waals surface area contributed by atoms with Crippen molar-refractivity contribution in [3.05, 3.63) is 29.6 Å². The normalized spacial score (nSPS) is 17.7. The summed E-state index contributed by atoms with van der Waals surface area (Å²) in [5.74, 6) is -0.141. The van der Waals surface area contributed by atoms with Gasteiger partial charge in [-0.1, -0.05) is 20.8 Å². The molecule has 0 amide bonds. The van der Waals surface area contributed by atoms with Crippen LogP contribution < -0.4 is 10.2 Å². The molecule has 0 aromatic heterocycles. The van der Waals surface area contributed by atoms with Gasteiger partial charge in [0, 0.05) is 25.3 Å². The molecule has 0 aliphatic carbocycles. The molecule has 20 heavy (non-hydrogen) atoms. The highest BCUT2D eigenvalue weighted by molar-refractivity contribution is 5.55. The zero-order valence-corrected chi connectivity index (χ0v) is 13.0. The molecule has 1 aliphatic rings. The molecule has 112 valence electrons. The quantitative estimate of drug-likeness (QED) is 0.847. The third kappa shape index (κ3) is 3.14. The minimum Gasteiger partial charge on any atom is -0.371 e. The van der Waals surface area contributed by atoms with E-state index in [1.54, 1.807) is 12.1 Å². The monoisotopic (exact) mass is 278 g/mol. The Bertz CT molecular complexity index is 441. The number of nitrogens with one attached hydrogen (secondary N) is 1. The second-order valence-electron chi connectivity index (χ2n) is 5.93. The van der Waals surface area contributed by atoms with Gasteiger partial charge in [-0.05, 0) is 55.0 Å². The van der Waals surface area contributed by atoms with E-state index in [2.05, 4.69) is 31.0 Å². The van der Waals surface area contributed by atoms with Crippen LogP contribution in [0.3, 0.4) is 0 Å². The molecule has 3 heteroatoms. The molecule has 0 bridgehead atoms. The zero-order valence-electron chi connectivity index (χ0n) is 13.0. The highest BCUT2D eigenvalue weighted by atomic mass is 19.1. The van der Waals surface area contributed by atoms with Gasteiger partial charge in [0.05, 0.1) is 0 Å². The maximum atomic E-state index is 13.5. The van der Waals surface area contributed by atoms with Crippen molar-refractivity contribution < 1.29 is 4.39 Å². The predicted molar refractivity (Wildman–Crippen MR) is 83.6 cm³/mol. The Hall–Kier alpha value is -1.09. The van der Waals surface area contributed by atoms with Gasteiger partial charge in [0.25, 0.3) is 0 Å². The van der Waals surface area contributed by atoms with Gasteiger partial charge >= 0.3 is 0 Å². The lowest BCUT2D eigenvalue weighted by atomic mass is 9.82. The smallest absolute Gasteiger partial charge is 0.123 e. The summed E-state index contributed by atoms with van der Waals surface area (Å²) in [6.07, 6.45) is 3.70. The lowest BCUT2D eigenvalue weighted by molar-refractivity contribution is 0.301. The molecule has 0 radical (unpaired) electrons. The Morgan fingerprint density at radius 1 is 1.25 bits per heavy atom.